The summed E-state index contributed by atoms with van der Waals surface area (Å²) in [5.41, 5.74) is 2.50. The molecule has 1 aliphatic heterocycles. The average molecular weight is 460 g/mol. The molecule has 0 spiro atoms. The summed E-state index contributed by atoms with van der Waals surface area (Å²) in [5, 5.41) is 6.17. The minimum Gasteiger partial charge on any atom is -0.469 e. The highest BCUT2D eigenvalue weighted by Gasteiger charge is 2.38. The molecule has 9 heteroatoms. The summed E-state index contributed by atoms with van der Waals surface area (Å²) in [7, 11) is 0. The van der Waals surface area contributed by atoms with Gasteiger partial charge in [-0.3, -0.25) is 10.1 Å². The van der Waals surface area contributed by atoms with E-state index < -0.39 is 17.7 Å². The van der Waals surface area contributed by atoms with Gasteiger partial charge in [-0.15, -0.1) is 0 Å². The van der Waals surface area contributed by atoms with E-state index in [4.69, 9.17) is 8.83 Å². The summed E-state index contributed by atoms with van der Waals surface area (Å²) in [5.74, 6) is -0.845. The number of Topliss-reactive ketones (excluding diaryl/α,β-unsaturated/α-hetero) is 1. The van der Waals surface area contributed by atoms with E-state index in [-0.39, 0.29) is 35.7 Å². The number of hydrogen-bond donors (Lipinski definition) is 2. The SMILES string of the molecule is O=C1CC(c2ccco2)CC2=C1C(c1cc(F)cc(F)c1)N=C(Nc1nc3ccccc3o1)N2. The van der Waals surface area contributed by atoms with E-state index >= 15 is 0 Å². The zero-order valence-electron chi connectivity index (χ0n) is 17.7. The maximum atomic E-state index is 14.1. The van der Waals surface area contributed by atoms with Gasteiger partial charge >= 0.3 is 6.01 Å². The van der Waals surface area contributed by atoms with E-state index in [1.54, 1.807) is 18.4 Å². The summed E-state index contributed by atoms with van der Waals surface area (Å²) in [4.78, 5) is 22.2. The van der Waals surface area contributed by atoms with Crippen LogP contribution in [0.2, 0.25) is 0 Å². The molecule has 2 atom stereocenters. The molecule has 2 N–H and O–H groups in total. The molecule has 0 fully saturated rings. The highest BCUT2D eigenvalue weighted by atomic mass is 19.1. The first-order chi connectivity index (χ1) is 16.5. The number of anilines is 1. The minimum absolute atomic E-state index is 0.158. The third kappa shape index (κ3) is 3.64. The number of ketones is 1. The lowest BCUT2D eigenvalue weighted by atomic mass is 9.80. The standard InChI is InChI=1S/C25H18F2N4O3/c26-15-8-14(9-16(27)12-15)23-22-18(10-13(11-19(22)32)20-6-3-7-33-20)28-24(30-23)31-25-29-17-4-1-2-5-21(17)34-25/h1-9,12-13,23H,10-11H2,(H2,28,29,30,31). The summed E-state index contributed by atoms with van der Waals surface area (Å²) in [6, 6.07) is 13.4. The van der Waals surface area contributed by atoms with Crippen molar-refractivity contribution in [1.29, 1.82) is 0 Å². The molecule has 34 heavy (non-hydrogen) atoms. The molecule has 0 bridgehead atoms. The molecule has 3 heterocycles. The normalized spacial score (nSPS) is 20.2. The Bertz CT molecular complexity index is 1420. The number of carbonyl (C=O) groups excluding carboxylic acids is 1. The van der Waals surface area contributed by atoms with Crippen LogP contribution in [0.1, 0.15) is 36.1 Å². The van der Waals surface area contributed by atoms with Crippen molar-refractivity contribution < 1.29 is 22.4 Å². The van der Waals surface area contributed by atoms with Crippen LogP contribution >= 0.6 is 0 Å². The zero-order valence-corrected chi connectivity index (χ0v) is 17.7. The Morgan fingerprint density at radius 3 is 2.62 bits per heavy atom. The smallest absolute Gasteiger partial charge is 0.302 e. The lowest BCUT2D eigenvalue weighted by molar-refractivity contribution is -0.116. The predicted molar refractivity (Wildman–Crippen MR) is 120 cm³/mol. The van der Waals surface area contributed by atoms with Crippen molar-refractivity contribution in [3.05, 3.63) is 95.1 Å². The topological polar surface area (TPSA) is 92.7 Å². The third-order valence-electron chi connectivity index (χ3n) is 5.97. The molecule has 2 unspecified atom stereocenters. The maximum absolute atomic E-state index is 14.1. The number of aliphatic imine (C=N–C) groups is 1. The maximum Gasteiger partial charge on any atom is 0.302 e. The predicted octanol–water partition coefficient (Wildman–Crippen LogP) is 5.21. The van der Waals surface area contributed by atoms with Crippen molar-refractivity contribution in [3.8, 4) is 0 Å². The van der Waals surface area contributed by atoms with Crippen molar-refractivity contribution in [1.82, 2.24) is 10.3 Å². The number of para-hydroxylation sites is 2. The average Bonchev–Trinajstić information content (AvgIpc) is 3.47. The Morgan fingerprint density at radius 1 is 1.03 bits per heavy atom. The number of halogens is 2. The van der Waals surface area contributed by atoms with Gasteiger partial charge in [0.15, 0.2) is 11.4 Å². The Balaban J connectivity index is 1.40. The molecule has 170 valence electrons. The lowest BCUT2D eigenvalue weighted by Crippen LogP contribution is -2.39. The highest BCUT2D eigenvalue weighted by Crippen LogP contribution is 2.41. The monoisotopic (exact) mass is 460 g/mol. The number of guanidine groups is 1. The summed E-state index contributed by atoms with van der Waals surface area (Å²) < 4.78 is 39.4. The molecule has 0 saturated carbocycles. The third-order valence-corrected chi connectivity index (χ3v) is 5.97. The van der Waals surface area contributed by atoms with Crippen molar-refractivity contribution in [2.45, 2.75) is 24.8 Å². The number of oxazole rings is 1. The lowest BCUT2D eigenvalue weighted by Gasteiger charge is -2.33. The number of nitrogens with one attached hydrogen (secondary N) is 2. The molecule has 0 saturated heterocycles. The van der Waals surface area contributed by atoms with Crippen molar-refractivity contribution >= 4 is 28.9 Å². The number of benzene rings is 2. The van der Waals surface area contributed by atoms with Gasteiger partial charge in [-0.25, -0.2) is 13.8 Å². The number of hydrogen-bond acceptors (Lipinski definition) is 7. The Labute approximate surface area is 192 Å². The van der Waals surface area contributed by atoms with Gasteiger partial charge in [0.1, 0.15) is 29.0 Å². The number of nitrogens with zero attached hydrogens (tertiary/aromatic N) is 2. The summed E-state index contributed by atoms with van der Waals surface area (Å²) in [6.07, 6.45) is 2.25. The largest absolute Gasteiger partial charge is 0.469 e. The molecule has 4 aromatic rings. The molecule has 0 radical (unpaired) electrons. The van der Waals surface area contributed by atoms with Gasteiger partial charge in [-0.05, 0) is 48.4 Å². The number of rotatable bonds is 3. The van der Waals surface area contributed by atoms with E-state index in [9.17, 15) is 13.6 Å². The molecule has 0 amide bonds. The van der Waals surface area contributed by atoms with Crippen molar-refractivity contribution in [2.75, 3.05) is 5.32 Å². The second-order valence-corrected chi connectivity index (χ2v) is 8.26. The molecule has 6 rings (SSSR count). The van der Waals surface area contributed by atoms with Crippen molar-refractivity contribution in [3.63, 3.8) is 0 Å². The van der Waals surface area contributed by atoms with Gasteiger partial charge in [0.05, 0.1) is 6.26 Å². The Kier molecular flexibility index (Phi) is 4.75. The molecule has 2 aromatic heterocycles. The summed E-state index contributed by atoms with van der Waals surface area (Å²) in [6.45, 7) is 0. The number of carbonyl (C=O) groups is 1. The van der Waals surface area contributed by atoms with Crippen LogP contribution in [0, 0.1) is 11.6 Å². The van der Waals surface area contributed by atoms with Gasteiger partial charge in [-0.1, -0.05) is 12.1 Å². The van der Waals surface area contributed by atoms with Crippen LogP contribution in [0.3, 0.4) is 0 Å². The molecular formula is C25H18F2N4O3. The fraction of sp³-hybridized carbons (Fsp3) is 0.160. The first-order valence-corrected chi connectivity index (χ1v) is 10.8. The van der Waals surface area contributed by atoms with E-state index in [0.717, 1.165) is 6.07 Å². The number of allylic oxidation sites excluding steroid dienone is 1. The molecule has 7 nitrogen and oxygen atoms in total. The number of fused-ring (bicyclic) bond motifs is 1. The first-order valence-electron chi connectivity index (χ1n) is 10.8. The summed E-state index contributed by atoms with van der Waals surface area (Å²) >= 11 is 0. The Hall–Kier alpha value is -4.27. The van der Waals surface area contributed by atoms with Gasteiger partial charge in [0.2, 0.25) is 5.96 Å². The van der Waals surface area contributed by atoms with Crippen LogP contribution in [-0.4, -0.2) is 16.7 Å². The highest BCUT2D eigenvalue weighted by molar-refractivity contribution is 6.03. The number of furan rings is 1. The Morgan fingerprint density at radius 2 is 1.85 bits per heavy atom. The van der Waals surface area contributed by atoms with Gasteiger partial charge in [0.25, 0.3) is 0 Å². The van der Waals surface area contributed by atoms with E-state index in [1.165, 1.54) is 12.1 Å². The second kappa shape index (κ2) is 7.95. The van der Waals surface area contributed by atoms with Crippen LogP contribution in [0.15, 0.2) is 86.0 Å². The second-order valence-electron chi connectivity index (χ2n) is 8.26. The van der Waals surface area contributed by atoms with Crippen LogP contribution in [0.4, 0.5) is 14.8 Å². The quantitative estimate of drug-likeness (QED) is 0.436. The molecule has 2 aromatic carbocycles. The van der Waals surface area contributed by atoms with Gasteiger partial charge in [-0.2, -0.15) is 4.98 Å². The van der Waals surface area contributed by atoms with E-state index in [0.29, 0.717) is 34.6 Å². The first kappa shape index (κ1) is 20.3. The molecule has 1 aliphatic carbocycles. The van der Waals surface area contributed by atoms with Crippen LogP contribution < -0.4 is 10.6 Å². The zero-order chi connectivity index (χ0) is 23.2. The van der Waals surface area contributed by atoms with Crippen LogP contribution in [0.5, 0.6) is 0 Å². The van der Waals surface area contributed by atoms with Crippen molar-refractivity contribution in [2.24, 2.45) is 4.99 Å². The van der Waals surface area contributed by atoms with Gasteiger partial charge < -0.3 is 14.2 Å². The minimum atomic E-state index is -0.890. The molecular weight excluding hydrogens is 442 g/mol. The fourth-order valence-corrected chi connectivity index (χ4v) is 4.52. The fourth-order valence-electron chi connectivity index (χ4n) is 4.52. The van der Waals surface area contributed by atoms with E-state index in [1.807, 2.05) is 24.3 Å². The number of aromatic nitrogens is 1. The molecule has 2 aliphatic rings. The van der Waals surface area contributed by atoms with Crippen LogP contribution in [0.25, 0.3) is 11.1 Å². The van der Waals surface area contributed by atoms with E-state index in [2.05, 4.69) is 20.6 Å². The van der Waals surface area contributed by atoms with Crippen LogP contribution in [-0.2, 0) is 4.79 Å². The van der Waals surface area contributed by atoms with Gasteiger partial charge in [0, 0.05) is 29.7 Å².